The average molecular weight is 286 g/mol. The fourth-order valence-electron chi connectivity index (χ4n) is 2.94. The lowest BCUT2D eigenvalue weighted by molar-refractivity contribution is 0.0919. The molecule has 2 N–H and O–H groups in total. The minimum Gasteiger partial charge on any atom is -0.348 e. The SMILES string of the molecule is Cl.O=C(NC1CC2CCC(C1)N2)c1ccc(F)cn1. The lowest BCUT2D eigenvalue weighted by atomic mass is 10.00. The summed E-state index contributed by atoms with van der Waals surface area (Å²) < 4.78 is 12.7. The van der Waals surface area contributed by atoms with E-state index in [-0.39, 0.29) is 30.0 Å². The van der Waals surface area contributed by atoms with Crippen molar-refractivity contribution in [1.82, 2.24) is 15.6 Å². The van der Waals surface area contributed by atoms with Crippen molar-refractivity contribution in [1.29, 1.82) is 0 Å². The van der Waals surface area contributed by atoms with Crippen LogP contribution in [0, 0.1) is 5.82 Å². The average Bonchev–Trinajstić information content (AvgIpc) is 2.69. The van der Waals surface area contributed by atoms with Gasteiger partial charge < -0.3 is 10.6 Å². The zero-order valence-corrected chi connectivity index (χ0v) is 11.3. The molecule has 3 heterocycles. The van der Waals surface area contributed by atoms with Crippen LogP contribution in [0.3, 0.4) is 0 Å². The Balaban J connectivity index is 0.00000133. The van der Waals surface area contributed by atoms with Gasteiger partial charge in [0.05, 0.1) is 6.20 Å². The number of rotatable bonds is 2. The summed E-state index contributed by atoms with van der Waals surface area (Å²) in [6, 6.07) is 3.96. The Bertz CT molecular complexity index is 442. The van der Waals surface area contributed by atoms with Crippen molar-refractivity contribution in [2.24, 2.45) is 0 Å². The van der Waals surface area contributed by atoms with Crippen LogP contribution in [0.1, 0.15) is 36.2 Å². The van der Waals surface area contributed by atoms with Gasteiger partial charge in [-0.15, -0.1) is 12.4 Å². The molecule has 19 heavy (non-hydrogen) atoms. The van der Waals surface area contributed by atoms with Crippen LogP contribution >= 0.6 is 12.4 Å². The van der Waals surface area contributed by atoms with Gasteiger partial charge in [-0.1, -0.05) is 0 Å². The van der Waals surface area contributed by atoms with Gasteiger partial charge in [0.2, 0.25) is 0 Å². The van der Waals surface area contributed by atoms with E-state index in [4.69, 9.17) is 0 Å². The predicted molar refractivity (Wildman–Crippen MR) is 71.9 cm³/mol. The number of hydrogen-bond acceptors (Lipinski definition) is 3. The Kier molecular flexibility index (Phi) is 4.37. The van der Waals surface area contributed by atoms with Crippen molar-refractivity contribution < 1.29 is 9.18 Å². The van der Waals surface area contributed by atoms with E-state index < -0.39 is 5.82 Å². The maximum atomic E-state index is 12.7. The van der Waals surface area contributed by atoms with Crippen molar-refractivity contribution >= 4 is 18.3 Å². The molecule has 2 atom stereocenters. The van der Waals surface area contributed by atoms with Crippen LogP contribution in [0.2, 0.25) is 0 Å². The van der Waals surface area contributed by atoms with Gasteiger partial charge in [-0.2, -0.15) is 0 Å². The lowest BCUT2D eigenvalue weighted by Crippen LogP contribution is -2.48. The van der Waals surface area contributed by atoms with E-state index in [9.17, 15) is 9.18 Å². The fraction of sp³-hybridized carbons (Fsp3) is 0.538. The van der Waals surface area contributed by atoms with Crippen molar-refractivity contribution in [3.8, 4) is 0 Å². The van der Waals surface area contributed by atoms with Gasteiger partial charge in [0.1, 0.15) is 11.5 Å². The molecule has 4 nitrogen and oxygen atoms in total. The lowest BCUT2D eigenvalue weighted by Gasteiger charge is -2.29. The summed E-state index contributed by atoms with van der Waals surface area (Å²) in [5.41, 5.74) is 0.280. The molecule has 2 unspecified atom stereocenters. The van der Waals surface area contributed by atoms with Gasteiger partial charge in [-0.3, -0.25) is 4.79 Å². The maximum Gasteiger partial charge on any atom is 0.270 e. The molecule has 2 aliphatic rings. The zero-order valence-electron chi connectivity index (χ0n) is 10.4. The summed E-state index contributed by atoms with van der Waals surface area (Å²) in [4.78, 5) is 15.7. The van der Waals surface area contributed by atoms with Gasteiger partial charge in [0.15, 0.2) is 0 Å². The highest BCUT2D eigenvalue weighted by Crippen LogP contribution is 2.26. The molecular formula is C13H17ClFN3O. The second-order valence-corrected chi connectivity index (χ2v) is 5.14. The van der Waals surface area contributed by atoms with E-state index in [1.165, 1.54) is 25.0 Å². The van der Waals surface area contributed by atoms with Gasteiger partial charge in [-0.25, -0.2) is 9.37 Å². The number of piperidine rings is 1. The molecule has 0 saturated carbocycles. The summed E-state index contributed by atoms with van der Waals surface area (Å²) in [7, 11) is 0. The Morgan fingerprint density at radius 2 is 2.00 bits per heavy atom. The number of aromatic nitrogens is 1. The molecule has 2 aliphatic heterocycles. The molecule has 1 aromatic heterocycles. The van der Waals surface area contributed by atoms with Crippen LogP contribution in [0.4, 0.5) is 4.39 Å². The number of halogens is 2. The summed E-state index contributed by atoms with van der Waals surface area (Å²) in [6.07, 6.45) is 5.42. The van der Waals surface area contributed by atoms with Crippen molar-refractivity contribution in [2.75, 3.05) is 0 Å². The number of carbonyl (C=O) groups excluding carboxylic acids is 1. The molecule has 1 aromatic rings. The molecule has 104 valence electrons. The standard InChI is InChI=1S/C13H16FN3O.ClH/c14-8-1-4-12(15-7-8)13(18)17-11-5-9-2-3-10(6-11)16-9;/h1,4,7,9-11,16H,2-3,5-6H2,(H,17,18);1H. The number of amides is 1. The fourth-order valence-corrected chi connectivity index (χ4v) is 2.94. The summed E-state index contributed by atoms with van der Waals surface area (Å²) in [6.45, 7) is 0. The summed E-state index contributed by atoms with van der Waals surface area (Å²) in [5.74, 6) is -0.632. The quantitative estimate of drug-likeness (QED) is 0.869. The molecule has 0 aliphatic carbocycles. The number of hydrogen-bond donors (Lipinski definition) is 2. The zero-order chi connectivity index (χ0) is 12.5. The van der Waals surface area contributed by atoms with Crippen LogP contribution in [0.15, 0.2) is 18.3 Å². The highest BCUT2D eigenvalue weighted by atomic mass is 35.5. The van der Waals surface area contributed by atoms with E-state index in [0.717, 1.165) is 19.0 Å². The third kappa shape index (κ3) is 3.22. The highest BCUT2D eigenvalue weighted by Gasteiger charge is 2.34. The minimum absolute atomic E-state index is 0. The van der Waals surface area contributed by atoms with E-state index in [0.29, 0.717) is 12.1 Å². The van der Waals surface area contributed by atoms with Crippen molar-refractivity contribution in [3.63, 3.8) is 0 Å². The van der Waals surface area contributed by atoms with Crippen LogP contribution < -0.4 is 10.6 Å². The first-order valence-electron chi connectivity index (χ1n) is 6.39. The Morgan fingerprint density at radius 3 is 2.58 bits per heavy atom. The first-order valence-corrected chi connectivity index (χ1v) is 6.39. The summed E-state index contributed by atoms with van der Waals surface area (Å²) >= 11 is 0. The normalized spacial score (nSPS) is 28.6. The molecule has 0 radical (unpaired) electrons. The van der Waals surface area contributed by atoms with Gasteiger partial charge in [0.25, 0.3) is 5.91 Å². The number of fused-ring (bicyclic) bond motifs is 2. The monoisotopic (exact) mass is 285 g/mol. The van der Waals surface area contributed by atoms with Gasteiger partial charge in [0, 0.05) is 18.1 Å². The molecule has 2 fully saturated rings. The smallest absolute Gasteiger partial charge is 0.270 e. The van der Waals surface area contributed by atoms with Crippen LogP contribution in [-0.4, -0.2) is 29.0 Å². The molecule has 1 amide bonds. The molecular weight excluding hydrogens is 269 g/mol. The summed E-state index contributed by atoms with van der Waals surface area (Å²) in [5, 5.41) is 6.52. The second-order valence-electron chi connectivity index (χ2n) is 5.14. The van der Waals surface area contributed by atoms with Crippen molar-refractivity contribution in [3.05, 3.63) is 29.8 Å². The van der Waals surface area contributed by atoms with E-state index in [1.54, 1.807) is 0 Å². The van der Waals surface area contributed by atoms with Crippen LogP contribution in [0.25, 0.3) is 0 Å². The molecule has 2 saturated heterocycles. The second kappa shape index (κ2) is 5.84. The Labute approximate surface area is 117 Å². The third-order valence-electron chi connectivity index (χ3n) is 3.77. The maximum absolute atomic E-state index is 12.7. The number of nitrogens with one attached hydrogen (secondary N) is 2. The Hall–Kier alpha value is -1.20. The van der Waals surface area contributed by atoms with E-state index >= 15 is 0 Å². The van der Waals surface area contributed by atoms with E-state index in [1.807, 2.05) is 0 Å². The van der Waals surface area contributed by atoms with Gasteiger partial charge >= 0.3 is 0 Å². The molecule has 3 rings (SSSR count). The molecule has 2 bridgehead atoms. The molecule has 6 heteroatoms. The van der Waals surface area contributed by atoms with Crippen molar-refractivity contribution in [2.45, 2.75) is 43.8 Å². The Morgan fingerprint density at radius 1 is 1.32 bits per heavy atom. The number of nitrogens with zero attached hydrogens (tertiary/aromatic N) is 1. The minimum atomic E-state index is -0.425. The first-order chi connectivity index (χ1) is 8.70. The molecule has 0 aromatic carbocycles. The van der Waals surface area contributed by atoms with E-state index in [2.05, 4.69) is 15.6 Å². The molecule has 0 spiro atoms. The van der Waals surface area contributed by atoms with Crippen LogP contribution in [-0.2, 0) is 0 Å². The van der Waals surface area contributed by atoms with Gasteiger partial charge in [-0.05, 0) is 37.8 Å². The largest absolute Gasteiger partial charge is 0.348 e. The number of carbonyl (C=O) groups is 1. The predicted octanol–water partition coefficient (Wildman–Crippen LogP) is 1.66. The number of pyridine rings is 1. The topological polar surface area (TPSA) is 54.0 Å². The first kappa shape index (κ1) is 14.2. The third-order valence-corrected chi connectivity index (χ3v) is 3.77. The van der Waals surface area contributed by atoms with Crippen LogP contribution in [0.5, 0.6) is 0 Å². The highest BCUT2D eigenvalue weighted by molar-refractivity contribution is 5.92.